The summed E-state index contributed by atoms with van der Waals surface area (Å²) in [6.07, 6.45) is 3.75. The maximum atomic E-state index is 12.4. The average Bonchev–Trinajstić information content (AvgIpc) is 3.10. The number of carbonyl (C=O) groups excluding carboxylic acids is 1. The fourth-order valence-corrected chi connectivity index (χ4v) is 2.92. The number of nitrogens with one attached hydrogen (secondary N) is 1. The molecule has 0 spiro atoms. The standard InChI is InChI=1S/C17H24N6O2/c1-13-5-6-16(20-19-13)22-8-3-4-14(12-22)18-17(24)15-7-9-23(21-15)10-11-25-2/h5-7,9,14H,3-4,8,10-12H2,1-2H3,(H,18,24)/t14-/m0/s1. The fourth-order valence-electron chi connectivity index (χ4n) is 2.92. The molecule has 1 amide bonds. The van der Waals surface area contributed by atoms with Gasteiger partial charge in [0, 0.05) is 32.4 Å². The van der Waals surface area contributed by atoms with Crippen LogP contribution in [0, 0.1) is 6.92 Å². The van der Waals surface area contributed by atoms with E-state index in [0.29, 0.717) is 18.8 Å². The first-order valence-electron chi connectivity index (χ1n) is 8.54. The van der Waals surface area contributed by atoms with Crippen molar-refractivity contribution in [1.29, 1.82) is 0 Å². The van der Waals surface area contributed by atoms with Gasteiger partial charge in [0.15, 0.2) is 5.82 Å². The molecule has 8 heteroatoms. The molecule has 0 unspecified atom stereocenters. The van der Waals surface area contributed by atoms with E-state index in [1.165, 1.54) is 0 Å². The van der Waals surface area contributed by atoms with Crippen LogP contribution in [0.4, 0.5) is 5.82 Å². The van der Waals surface area contributed by atoms with Gasteiger partial charge in [-0.3, -0.25) is 9.48 Å². The second-order valence-corrected chi connectivity index (χ2v) is 6.25. The van der Waals surface area contributed by atoms with Gasteiger partial charge in [-0.05, 0) is 38.0 Å². The maximum absolute atomic E-state index is 12.4. The fraction of sp³-hybridized carbons (Fsp3) is 0.529. The molecule has 1 fully saturated rings. The summed E-state index contributed by atoms with van der Waals surface area (Å²) in [5, 5.41) is 15.7. The number of hydrogen-bond donors (Lipinski definition) is 1. The minimum atomic E-state index is -0.141. The van der Waals surface area contributed by atoms with Crippen LogP contribution < -0.4 is 10.2 Å². The first-order chi connectivity index (χ1) is 12.2. The number of piperidine rings is 1. The molecule has 1 aliphatic heterocycles. The van der Waals surface area contributed by atoms with Crippen LogP contribution in [0.5, 0.6) is 0 Å². The van der Waals surface area contributed by atoms with E-state index >= 15 is 0 Å². The van der Waals surface area contributed by atoms with Crippen LogP contribution in [0.2, 0.25) is 0 Å². The van der Waals surface area contributed by atoms with E-state index in [4.69, 9.17) is 4.74 Å². The van der Waals surface area contributed by atoms with Crippen LogP contribution in [0.1, 0.15) is 29.0 Å². The SMILES string of the molecule is COCCn1ccc(C(=O)N[C@H]2CCCN(c3ccc(C)nn3)C2)n1. The summed E-state index contributed by atoms with van der Waals surface area (Å²) in [5.41, 5.74) is 1.33. The lowest BCUT2D eigenvalue weighted by atomic mass is 10.1. The van der Waals surface area contributed by atoms with Gasteiger partial charge in [0.25, 0.3) is 5.91 Å². The number of rotatable bonds is 6. The summed E-state index contributed by atoms with van der Waals surface area (Å²) in [6, 6.07) is 5.74. The van der Waals surface area contributed by atoms with Crippen molar-refractivity contribution in [3.8, 4) is 0 Å². The first-order valence-corrected chi connectivity index (χ1v) is 8.54. The van der Waals surface area contributed by atoms with Crippen LogP contribution in [-0.2, 0) is 11.3 Å². The Labute approximate surface area is 147 Å². The number of aryl methyl sites for hydroxylation is 1. The number of methoxy groups -OCH3 is 1. The molecule has 25 heavy (non-hydrogen) atoms. The van der Waals surface area contributed by atoms with Crippen molar-refractivity contribution in [2.24, 2.45) is 0 Å². The molecule has 3 heterocycles. The van der Waals surface area contributed by atoms with E-state index < -0.39 is 0 Å². The first kappa shape index (κ1) is 17.3. The van der Waals surface area contributed by atoms with Gasteiger partial charge in [-0.15, -0.1) is 5.10 Å². The highest BCUT2D eigenvalue weighted by molar-refractivity contribution is 5.92. The highest BCUT2D eigenvalue weighted by Gasteiger charge is 2.23. The molecule has 8 nitrogen and oxygen atoms in total. The van der Waals surface area contributed by atoms with Gasteiger partial charge in [-0.1, -0.05) is 0 Å². The molecule has 0 aromatic carbocycles. The van der Waals surface area contributed by atoms with Crippen molar-refractivity contribution in [3.05, 3.63) is 35.8 Å². The molecular weight excluding hydrogens is 320 g/mol. The minimum Gasteiger partial charge on any atom is -0.383 e. The summed E-state index contributed by atoms with van der Waals surface area (Å²) < 4.78 is 6.74. The van der Waals surface area contributed by atoms with Gasteiger partial charge in [0.1, 0.15) is 5.69 Å². The molecule has 0 aliphatic carbocycles. The van der Waals surface area contributed by atoms with Crippen LogP contribution in [0.25, 0.3) is 0 Å². The highest BCUT2D eigenvalue weighted by atomic mass is 16.5. The van der Waals surface area contributed by atoms with Crippen LogP contribution >= 0.6 is 0 Å². The third-order valence-corrected chi connectivity index (χ3v) is 4.26. The average molecular weight is 344 g/mol. The number of hydrogen-bond acceptors (Lipinski definition) is 6. The van der Waals surface area contributed by atoms with Crippen molar-refractivity contribution in [2.45, 2.75) is 32.4 Å². The van der Waals surface area contributed by atoms with Gasteiger partial charge in [-0.2, -0.15) is 10.2 Å². The number of carbonyl (C=O) groups is 1. The minimum absolute atomic E-state index is 0.0773. The zero-order valence-corrected chi connectivity index (χ0v) is 14.7. The Morgan fingerprint density at radius 1 is 1.36 bits per heavy atom. The molecule has 1 N–H and O–H groups in total. The van der Waals surface area contributed by atoms with E-state index in [-0.39, 0.29) is 11.9 Å². The molecule has 2 aromatic heterocycles. The van der Waals surface area contributed by atoms with E-state index in [1.54, 1.807) is 24.1 Å². The normalized spacial score (nSPS) is 17.5. The summed E-state index contributed by atoms with van der Waals surface area (Å²) in [7, 11) is 1.64. The van der Waals surface area contributed by atoms with E-state index in [2.05, 4.69) is 25.5 Å². The predicted octanol–water partition coefficient (Wildman–Crippen LogP) is 1.03. The third-order valence-electron chi connectivity index (χ3n) is 4.26. The lowest BCUT2D eigenvalue weighted by molar-refractivity contribution is 0.0926. The van der Waals surface area contributed by atoms with E-state index in [9.17, 15) is 4.79 Å². The molecular formula is C17H24N6O2. The van der Waals surface area contributed by atoms with Crippen LogP contribution in [0.3, 0.4) is 0 Å². The summed E-state index contributed by atoms with van der Waals surface area (Å²) in [6.45, 7) is 4.77. The Morgan fingerprint density at radius 3 is 3.00 bits per heavy atom. The second kappa shape index (κ2) is 8.06. The van der Waals surface area contributed by atoms with Crippen molar-refractivity contribution in [3.63, 3.8) is 0 Å². The molecule has 2 aromatic rings. The quantitative estimate of drug-likeness (QED) is 0.842. The Balaban J connectivity index is 1.57. The topological polar surface area (TPSA) is 85.2 Å². The predicted molar refractivity (Wildman–Crippen MR) is 93.6 cm³/mol. The smallest absolute Gasteiger partial charge is 0.272 e. The summed E-state index contributed by atoms with van der Waals surface area (Å²) in [5.74, 6) is 0.714. The lowest BCUT2D eigenvalue weighted by Gasteiger charge is -2.33. The van der Waals surface area contributed by atoms with Gasteiger partial charge < -0.3 is 15.0 Å². The number of aromatic nitrogens is 4. The summed E-state index contributed by atoms with van der Waals surface area (Å²) in [4.78, 5) is 14.6. The molecule has 0 bridgehead atoms. The highest BCUT2D eigenvalue weighted by Crippen LogP contribution is 2.17. The zero-order valence-electron chi connectivity index (χ0n) is 14.7. The Bertz CT molecular complexity index is 699. The number of anilines is 1. The van der Waals surface area contributed by atoms with Gasteiger partial charge in [-0.25, -0.2) is 0 Å². The Morgan fingerprint density at radius 2 is 2.24 bits per heavy atom. The van der Waals surface area contributed by atoms with E-state index in [0.717, 1.165) is 37.4 Å². The molecule has 1 saturated heterocycles. The van der Waals surface area contributed by atoms with Crippen molar-refractivity contribution in [2.75, 3.05) is 31.7 Å². The molecule has 0 radical (unpaired) electrons. The molecule has 3 rings (SSSR count). The van der Waals surface area contributed by atoms with Gasteiger partial charge in [0.2, 0.25) is 0 Å². The second-order valence-electron chi connectivity index (χ2n) is 6.25. The number of ether oxygens (including phenoxy) is 1. The molecule has 1 atom stereocenters. The van der Waals surface area contributed by atoms with Gasteiger partial charge in [0.05, 0.1) is 18.8 Å². The Hall–Kier alpha value is -2.48. The molecule has 134 valence electrons. The zero-order chi connectivity index (χ0) is 17.6. The number of amides is 1. The molecule has 1 aliphatic rings. The maximum Gasteiger partial charge on any atom is 0.272 e. The molecule has 0 saturated carbocycles. The van der Waals surface area contributed by atoms with Gasteiger partial charge >= 0.3 is 0 Å². The van der Waals surface area contributed by atoms with Crippen LogP contribution in [-0.4, -0.2) is 58.7 Å². The van der Waals surface area contributed by atoms with Crippen molar-refractivity contribution < 1.29 is 9.53 Å². The monoisotopic (exact) mass is 344 g/mol. The Kier molecular flexibility index (Phi) is 5.60. The van der Waals surface area contributed by atoms with Crippen molar-refractivity contribution >= 4 is 11.7 Å². The number of nitrogens with zero attached hydrogens (tertiary/aromatic N) is 5. The largest absolute Gasteiger partial charge is 0.383 e. The van der Waals surface area contributed by atoms with Crippen LogP contribution in [0.15, 0.2) is 24.4 Å². The lowest BCUT2D eigenvalue weighted by Crippen LogP contribution is -2.48. The van der Waals surface area contributed by atoms with E-state index in [1.807, 2.05) is 19.1 Å². The summed E-state index contributed by atoms with van der Waals surface area (Å²) >= 11 is 0. The van der Waals surface area contributed by atoms with Crippen molar-refractivity contribution in [1.82, 2.24) is 25.3 Å². The third kappa shape index (κ3) is 4.54.